The van der Waals surface area contributed by atoms with Crippen LogP contribution in [0, 0.1) is 11.8 Å². The van der Waals surface area contributed by atoms with Crippen molar-refractivity contribution in [1.82, 2.24) is 0 Å². The fourth-order valence-electron chi connectivity index (χ4n) is 1.00. The van der Waals surface area contributed by atoms with Gasteiger partial charge in [0.25, 0.3) is 0 Å². The molecule has 1 nitrogen and oxygen atoms in total. The van der Waals surface area contributed by atoms with Gasteiger partial charge in [0.15, 0.2) is 0 Å². The predicted molar refractivity (Wildman–Crippen MR) is 33.5 cm³/mol. The molecule has 1 saturated carbocycles. The van der Waals surface area contributed by atoms with E-state index < -0.39 is 0 Å². The Labute approximate surface area is 50.0 Å². The van der Waals surface area contributed by atoms with Crippen molar-refractivity contribution >= 4 is 0 Å². The second-order valence-corrected chi connectivity index (χ2v) is 2.60. The first-order valence-electron chi connectivity index (χ1n) is 3.06. The van der Waals surface area contributed by atoms with Crippen LogP contribution < -0.4 is 0 Å². The van der Waals surface area contributed by atoms with E-state index in [1.807, 2.05) is 0 Å². The molecule has 0 aromatic rings. The lowest BCUT2D eigenvalue weighted by molar-refractivity contribution is 0.194. The van der Waals surface area contributed by atoms with Gasteiger partial charge in [-0.15, -0.1) is 6.58 Å². The van der Waals surface area contributed by atoms with Crippen molar-refractivity contribution < 1.29 is 5.11 Å². The van der Waals surface area contributed by atoms with Gasteiger partial charge in [-0.1, -0.05) is 13.0 Å². The Kier molecular flexibility index (Phi) is 1.39. The minimum Gasteiger partial charge on any atom is -0.389 e. The first-order chi connectivity index (χ1) is 3.75. The lowest BCUT2D eigenvalue weighted by Crippen LogP contribution is -2.04. The minimum atomic E-state index is -0.245. The van der Waals surface area contributed by atoms with Gasteiger partial charge in [-0.25, -0.2) is 0 Å². The summed E-state index contributed by atoms with van der Waals surface area (Å²) in [6.07, 6.45) is 2.55. The number of aliphatic hydroxyl groups excluding tert-OH is 1. The van der Waals surface area contributed by atoms with E-state index >= 15 is 0 Å². The number of hydrogen-bond acceptors (Lipinski definition) is 1. The molecule has 0 amide bonds. The van der Waals surface area contributed by atoms with Gasteiger partial charge in [-0.2, -0.15) is 0 Å². The molecule has 0 saturated heterocycles. The van der Waals surface area contributed by atoms with Crippen molar-refractivity contribution in [2.75, 3.05) is 0 Å². The second kappa shape index (κ2) is 1.90. The number of rotatable bonds is 2. The van der Waals surface area contributed by atoms with Crippen molar-refractivity contribution in [3.05, 3.63) is 12.7 Å². The summed E-state index contributed by atoms with van der Waals surface area (Å²) >= 11 is 0. The molecular weight excluding hydrogens is 100 g/mol. The van der Waals surface area contributed by atoms with Crippen LogP contribution in [-0.4, -0.2) is 11.2 Å². The molecule has 0 bridgehead atoms. The lowest BCUT2D eigenvalue weighted by atomic mass is 10.2. The molecule has 1 heteroatoms. The van der Waals surface area contributed by atoms with E-state index in [0.717, 1.165) is 5.92 Å². The van der Waals surface area contributed by atoms with Crippen LogP contribution in [0.25, 0.3) is 0 Å². The Bertz CT molecular complexity index is 98.6. The molecule has 1 fully saturated rings. The van der Waals surface area contributed by atoms with Crippen LogP contribution in [0.1, 0.15) is 13.3 Å². The summed E-state index contributed by atoms with van der Waals surface area (Å²) in [6, 6.07) is 0. The van der Waals surface area contributed by atoms with Crippen LogP contribution in [-0.2, 0) is 0 Å². The first kappa shape index (κ1) is 5.83. The third kappa shape index (κ3) is 0.920. The number of hydrogen-bond donors (Lipinski definition) is 1. The van der Waals surface area contributed by atoms with Crippen molar-refractivity contribution in [2.45, 2.75) is 19.4 Å². The van der Waals surface area contributed by atoms with Gasteiger partial charge in [0, 0.05) is 0 Å². The highest BCUT2D eigenvalue weighted by Gasteiger charge is 2.36. The molecule has 3 unspecified atom stereocenters. The van der Waals surface area contributed by atoms with E-state index in [1.54, 1.807) is 6.08 Å². The van der Waals surface area contributed by atoms with E-state index in [-0.39, 0.29) is 6.10 Å². The molecule has 0 aromatic carbocycles. The van der Waals surface area contributed by atoms with Crippen molar-refractivity contribution in [2.24, 2.45) is 11.8 Å². The quantitative estimate of drug-likeness (QED) is 0.532. The zero-order valence-corrected chi connectivity index (χ0v) is 5.17. The molecule has 1 aliphatic carbocycles. The number of aliphatic hydroxyl groups is 1. The largest absolute Gasteiger partial charge is 0.389 e. The molecule has 3 atom stereocenters. The molecule has 0 heterocycles. The molecule has 1 rings (SSSR count). The van der Waals surface area contributed by atoms with Gasteiger partial charge in [-0.3, -0.25) is 0 Å². The summed E-state index contributed by atoms with van der Waals surface area (Å²) in [4.78, 5) is 0. The van der Waals surface area contributed by atoms with Gasteiger partial charge in [0.1, 0.15) is 0 Å². The maximum atomic E-state index is 9.05. The zero-order chi connectivity index (χ0) is 6.15. The van der Waals surface area contributed by atoms with Gasteiger partial charge < -0.3 is 5.11 Å². The van der Waals surface area contributed by atoms with E-state index in [2.05, 4.69) is 13.5 Å². The summed E-state index contributed by atoms with van der Waals surface area (Å²) in [6.45, 7) is 5.66. The highest BCUT2D eigenvalue weighted by Crippen LogP contribution is 2.40. The monoisotopic (exact) mass is 112 g/mol. The molecule has 0 aliphatic heterocycles. The summed E-state index contributed by atoms with van der Waals surface area (Å²) in [5.41, 5.74) is 0. The van der Waals surface area contributed by atoms with Crippen LogP contribution in [0.15, 0.2) is 12.7 Å². The molecular formula is C7H12O. The van der Waals surface area contributed by atoms with Gasteiger partial charge in [0.05, 0.1) is 6.10 Å². The smallest absolute Gasteiger partial charge is 0.0749 e. The molecule has 0 aromatic heterocycles. The maximum absolute atomic E-state index is 9.05. The van der Waals surface area contributed by atoms with Gasteiger partial charge >= 0.3 is 0 Å². The summed E-state index contributed by atoms with van der Waals surface area (Å²) in [7, 11) is 0. The fourth-order valence-corrected chi connectivity index (χ4v) is 1.00. The maximum Gasteiger partial charge on any atom is 0.0749 e. The van der Waals surface area contributed by atoms with E-state index in [1.165, 1.54) is 6.42 Å². The third-order valence-corrected chi connectivity index (χ3v) is 1.85. The second-order valence-electron chi connectivity index (χ2n) is 2.60. The zero-order valence-electron chi connectivity index (χ0n) is 5.17. The van der Waals surface area contributed by atoms with Gasteiger partial charge in [0.2, 0.25) is 0 Å². The van der Waals surface area contributed by atoms with Crippen LogP contribution in [0.3, 0.4) is 0 Å². The topological polar surface area (TPSA) is 20.2 Å². The minimum absolute atomic E-state index is 0.245. The summed E-state index contributed by atoms with van der Waals surface area (Å²) in [5.74, 6) is 1.25. The summed E-state index contributed by atoms with van der Waals surface area (Å²) in [5, 5.41) is 9.05. The standard InChI is InChI=1S/C7H12O/c1-3-7(8)6-4-5(6)2/h3,5-8H,1,4H2,2H3. The van der Waals surface area contributed by atoms with Crippen molar-refractivity contribution in [3.8, 4) is 0 Å². The van der Waals surface area contributed by atoms with E-state index in [0.29, 0.717) is 5.92 Å². The van der Waals surface area contributed by atoms with E-state index in [4.69, 9.17) is 5.11 Å². The first-order valence-corrected chi connectivity index (χ1v) is 3.06. The fraction of sp³-hybridized carbons (Fsp3) is 0.714. The SMILES string of the molecule is C=CC(O)C1CC1C. The average Bonchev–Trinajstić information content (AvgIpc) is 2.45. The Hall–Kier alpha value is -0.300. The molecule has 1 N–H and O–H groups in total. The summed E-state index contributed by atoms with van der Waals surface area (Å²) < 4.78 is 0. The van der Waals surface area contributed by atoms with Gasteiger partial charge in [-0.05, 0) is 18.3 Å². The van der Waals surface area contributed by atoms with Crippen molar-refractivity contribution in [1.29, 1.82) is 0 Å². The highest BCUT2D eigenvalue weighted by atomic mass is 16.3. The molecule has 0 radical (unpaired) electrons. The third-order valence-electron chi connectivity index (χ3n) is 1.85. The van der Waals surface area contributed by atoms with Crippen LogP contribution in [0.4, 0.5) is 0 Å². The normalized spacial score (nSPS) is 38.8. The molecule has 8 heavy (non-hydrogen) atoms. The van der Waals surface area contributed by atoms with Crippen LogP contribution in [0.2, 0.25) is 0 Å². The Morgan fingerprint density at radius 2 is 2.38 bits per heavy atom. The van der Waals surface area contributed by atoms with E-state index in [9.17, 15) is 0 Å². The van der Waals surface area contributed by atoms with Crippen LogP contribution >= 0.6 is 0 Å². The molecule has 1 aliphatic rings. The Morgan fingerprint density at radius 1 is 1.88 bits per heavy atom. The Balaban J connectivity index is 2.27. The average molecular weight is 112 g/mol. The molecule has 0 spiro atoms. The van der Waals surface area contributed by atoms with Crippen molar-refractivity contribution in [3.63, 3.8) is 0 Å². The predicted octanol–water partition coefficient (Wildman–Crippen LogP) is 1.19. The molecule has 46 valence electrons. The van der Waals surface area contributed by atoms with Crippen LogP contribution in [0.5, 0.6) is 0 Å². The Morgan fingerprint density at radius 3 is 2.50 bits per heavy atom. The lowest BCUT2D eigenvalue weighted by Gasteiger charge is -1.98. The highest BCUT2D eigenvalue weighted by molar-refractivity contribution is 4.95.